The first-order valence-electron chi connectivity index (χ1n) is 8.50. The van der Waals surface area contributed by atoms with E-state index in [4.69, 9.17) is 9.47 Å². The Bertz CT molecular complexity index is 456. The Hall–Kier alpha value is -1.84. The van der Waals surface area contributed by atoms with Crippen LogP contribution in [-0.2, 0) is 25.7 Å². The Kier molecular flexibility index (Phi) is 9.76. The lowest BCUT2D eigenvalue weighted by atomic mass is 10.0. The van der Waals surface area contributed by atoms with E-state index < -0.39 is 0 Å². The van der Waals surface area contributed by atoms with Crippen LogP contribution >= 0.6 is 0 Å². The molecule has 128 valence electrons. The maximum Gasteiger partial charge on any atom is 0.306 e. The number of carbonyl (C=O) groups excluding carboxylic acids is 2. The molecule has 1 rings (SSSR count). The number of carbonyl (C=O) groups is 2. The van der Waals surface area contributed by atoms with E-state index in [9.17, 15) is 9.59 Å². The van der Waals surface area contributed by atoms with Crippen molar-refractivity contribution in [3.8, 4) is 0 Å². The summed E-state index contributed by atoms with van der Waals surface area (Å²) < 4.78 is 10.4. The van der Waals surface area contributed by atoms with Crippen LogP contribution in [0.5, 0.6) is 0 Å². The Morgan fingerprint density at radius 1 is 1.00 bits per heavy atom. The minimum absolute atomic E-state index is 0.0669. The maximum atomic E-state index is 11.7. The summed E-state index contributed by atoms with van der Waals surface area (Å²) in [7, 11) is 0. The molecule has 1 atom stereocenters. The molecule has 4 nitrogen and oxygen atoms in total. The molecule has 4 heteroatoms. The highest BCUT2D eigenvalue weighted by molar-refractivity contribution is 5.77. The Labute approximate surface area is 139 Å². The van der Waals surface area contributed by atoms with Gasteiger partial charge in [0.05, 0.1) is 19.4 Å². The van der Waals surface area contributed by atoms with E-state index in [1.165, 1.54) is 0 Å². The van der Waals surface area contributed by atoms with Crippen molar-refractivity contribution in [2.24, 2.45) is 5.92 Å². The van der Waals surface area contributed by atoms with E-state index in [0.717, 1.165) is 31.2 Å². The second-order valence-electron chi connectivity index (χ2n) is 5.75. The van der Waals surface area contributed by atoms with Gasteiger partial charge >= 0.3 is 11.9 Å². The lowest BCUT2D eigenvalue weighted by Gasteiger charge is -2.14. The van der Waals surface area contributed by atoms with Crippen LogP contribution in [0.1, 0.15) is 57.9 Å². The fourth-order valence-electron chi connectivity index (χ4n) is 2.20. The lowest BCUT2D eigenvalue weighted by molar-refractivity contribution is -0.151. The van der Waals surface area contributed by atoms with E-state index in [-0.39, 0.29) is 31.4 Å². The average Bonchev–Trinajstić information content (AvgIpc) is 2.59. The van der Waals surface area contributed by atoms with Gasteiger partial charge in [-0.05, 0) is 17.9 Å². The molecule has 0 saturated carbocycles. The predicted molar refractivity (Wildman–Crippen MR) is 89.7 cm³/mol. The van der Waals surface area contributed by atoms with Gasteiger partial charge in [0.15, 0.2) is 0 Å². The summed E-state index contributed by atoms with van der Waals surface area (Å²) in [5.74, 6) is -0.274. The Balaban J connectivity index is 2.15. The van der Waals surface area contributed by atoms with Crippen LogP contribution in [0.2, 0.25) is 0 Å². The van der Waals surface area contributed by atoms with Crippen LogP contribution < -0.4 is 0 Å². The molecule has 0 aromatic heterocycles. The van der Waals surface area contributed by atoms with Gasteiger partial charge in [-0.15, -0.1) is 0 Å². The third kappa shape index (κ3) is 9.01. The average molecular weight is 320 g/mol. The van der Waals surface area contributed by atoms with Crippen molar-refractivity contribution in [3.05, 3.63) is 35.9 Å². The summed E-state index contributed by atoms with van der Waals surface area (Å²) in [5.41, 5.74) is 0.935. The van der Waals surface area contributed by atoms with Crippen molar-refractivity contribution >= 4 is 11.9 Å². The van der Waals surface area contributed by atoms with Gasteiger partial charge in [-0.25, -0.2) is 0 Å². The number of ether oxygens (including phenoxy) is 2. The minimum atomic E-state index is -0.371. The van der Waals surface area contributed by atoms with Gasteiger partial charge in [-0.2, -0.15) is 0 Å². The predicted octanol–water partition coefficient (Wildman–Crippen LogP) is 4.27. The summed E-state index contributed by atoms with van der Waals surface area (Å²) in [6.07, 6.45) is 4.54. The molecule has 0 spiro atoms. The molecule has 1 aromatic rings. The highest BCUT2D eigenvalue weighted by atomic mass is 16.5. The van der Waals surface area contributed by atoms with Crippen LogP contribution in [0, 0.1) is 5.92 Å². The number of rotatable bonds is 11. The largest absolute Gasteiger partial charge is 0.465 e. The third-order valence-electron chi connectivity index (χ3n) is 3.80. The number of esters is 2. The topological polar surface area (TPSA) is 52.6 Å². The van der Waals surface area contributed by atoms with Crippen LogP contribution in [0.3, 0.4) is 0 Å². The molecule has 0 bridgehead atoms. The van der Waals surface area contributed by atoms with Gasteiger partial charge in [0, 0.05) is 0 Å². The summed E-state index contributed by atoms with van der Waals surface area (Å²) in [6, 6.07) is 9.48. The zero-order valence-corrected chi connectivity index (χ0v) is 14.3. The van der Waals surface area contributed by atoms with Crippen molar-refractivity contribution in [2.75, 3.05) is 6.61 Å². The second kappa shape index (κ2) is 11.7. The third-order valence-corrected chi connectivity index (χ3v) is 3.80. The number of unbranched alkanes of at least 4 members (excludes halogenated alkanes) is 1. The van der Waals surface area contributed by atoms with E-state index >= 15 is 0 Å². The van der Waals surface area contributed by atoms with Crippen LogP contribution in [0.15, 0.2) is 30.3 Å². The Morgan fingerprint density at radius 3 is 2.26 bits per heavy atom. The van der Waals surface area contributed by atoms with Gasteiger partial charge in [-0.3, -0.25) is 9.59 Å². The van der Waals surface area contributed by atoms with E-state index in [1.54, 1.807) is 0 Å². The first-order valence-corrected chi connectivity index (χ1v) is 8.50. The lowest BCUT2D eigenvalue weighted by Crippen LogP contribution is -2.15. The zero-order valence-electron chi connectivity index (χ0n) is 14.3. The fourth-order valence-corrected chi connectivity index (χ4v) is 2.20. The summed E-state index contributed by atoms with van der Waals surface area (Å²) in [6.45, 7) is 4.95. The maximum absolute atomic E-state index is 11.7. The van der Waals surface area contributed by atoms with E-state index in [1.807, 2.05) is 30.3 Å². The van der Waals surface area contributed by atoms with Crippen molar-refractivity contribution in [2.45, 2.75) is 59.0 Å². The highest BCUT2D eigenvalue weighted by Gasteiger charge is 2.12. The summed E-state index contributed by atoms with van der Waals surface area (Å²) in [5, 5.41) is 0. The minimum Gasteiger partial charge on any atom is -0.465 e. The highest BCUT2D eigenvalue weighted by Crippen LogP contribution is 2.13. The normalized spacial score (nSPS) is 11.7. The zero-order chi connectivity index (χ0) is 16.9. The van der Waals surface area contributed by atoms with E-state index in [2.05, 4.69) is 13.8 Å². The van der Waals surface area contributed by atoms with Crippen molar-refractivity contribution in [1.29, 1.82) is 0 Å². The van der Waals surface area contributed by atoms with Crippen LogP contribution in [0.25, 0.3) is 0 Å². The summed E-state index contributed by atoms with van der Waals surface area (Å²) in [4.78, 5) is 23.3. The second-order valence-corrected chi connectivity index (χ2v) is 5.75. The van der Waals surface area contributed by atoms with Gasteiger partial charge in [0.25, 0.3) is 0 Å². The molecule has 0 aliphatic rings. The molecule has 0 N–H and O–H groups in total. The van der Waals surface area contributed by atoms with Crippen molar-refractivity contribution in [1.82, 2.24) is 0 Å². The van der Waals surface area contributed by atoms with Crippen molar-refractivity contribution in [3.63, 3.8) is 0 Å². The molecular weight excluding hydrogens is 292 g/mol. The van der Waals surface area contributed by atoms with Crippen LogP contribution in [-0.4, -0.2) is 18.5 Å². The molecule has 0 aliphatic heterocycles. The van der Waals surface area contributed by atoms with Gasteiger partial charge in [0.1, 0.15) is 6.61 Å². The number of hydrogen-bond acceptors (Lipinski definition) is 4. The van der Waals surface area contributed by atoms with Gasteiger partial charge in [0.2, 0.25) is 0 Å². The van der Waals surface area contributed by atoms with E-state index in [0.29, 0.717) is 12.5 Å². The fraction of sp³-hybridized carbons (Fsp3) is 0.579. The molecule has 0 radical (unpaired) electrons. The monoisotopic (exact) mass is 320 g/mol. The molecule has 1 unspecified atom stereocenters. The number of benzene rings is 1. The van der Waals surface area contributed by atoms with Gasteiger partial charge < -0.3 is 9.47 Å². The quantitative estimate of drug-likeness (QED) is 0.571. The molecule has 0 saturated heterocycles. The molecular formula is C19H28O4. The smallest absolute Gasteiger partial charge is 0.306 e. The first-order chi connectivity index (χ1) is 11.2. The van der Waals surface area contributed by atoms with Gasteiger partial charge in [-0.1, -0.05) is 63.4 Å². The summed E-state index contributed by atoms with van der Waals surface area (Å²) >= 11 is 0. The molecule has 0 fully saturated rings. The SMILES string of the molecule is CCCCC(CC)COC(=O)CCC(=O)OCc1ccccc1. The molecule has 0 amide bonds. The first kappa shape index (κ1) is 19.2. The number of hydrogen-bond donors (Lipinski definition) is 0. The molecule has 1 aromatic carbocycles. The van der Waals surface area contributed by atoms with Crippen molar-refractivity contribution < 1.29 is 19.1 Å². The molecule has 23 heavy (non-hydrogen) atoms. The Morgan fingerprint density at radius 2 is 1.65 bits per heavy atom. The van der Waals surface area contributed by atoms with Crippen LogP contribution in [0.4, 0.5) is 0 Å². The standard InChI is InChI=1S/C19H28O4/c1-3-5-9-16(4-2)14-22-18(20)12-13-19(21)23-15-17-10-7-6-8-11-17/h6-8,10-11,16H,3-5,9,12-15H2,1-2H3. The molecule has 0 heterocycles. The molecule has 0 aliphatic carbocycles.